The summed E-state index contributed by atoms with van der Waals surface area (Å²) in [5, 5.41) is 2.94. The van der Waals surface area contributed by atoms with Crippen LogP contribution in [0.5, 0.6) is 0 Å². The van der Waals surface area contributed by atoms with Crippen LogP contribution >= 0.6 is 0 Å². The maximum atomic E-state index is 12.4. The summed E-state index contributed by atoms with van der Waals surface area (Å²) in [5.74, 6) is -0.0254. The van der Waals surface area contributed by atoms with Gasteiger partial charge in [0.2, 0.25) is 5.91 Å². The molecule has 0 aliphatic carbocycles. The number of nitrogens with one attached hydrogen (secondary N) is 1. The first kappa shape index (κ1) is 19.8. The zero-order chi connectivity index (χ0) is 19.2. The van der Waals surface area contributed by atoms with Crippen molar-refractivity contribution in [2.24, 2.45) is 0 Å². The monoisotopic (exact) mass is 372 g/mol. The molecule has 2 aliphatic rings. The zero-order valence-corrected chi connectivity index (χ0v) is 16.6. The highest BCUT2D eigenvalue weighted by Crippen LogP contribution is 2.20. The molecule has 2 fully saturated rings. The first-order valence-corrected chi connectivity index (χ1v) is 10.1. The third-order valence-electron chi connectivity index (χ3n) is 5.65. The highest BCUT2D eigenvalue weighted by molar-refractivity contribution is 5.96. The van der Waals surface area contributed by atoms with Gasteiger partial charge in [0.15, 0.2) is 0 Å². The number of hydrogen-bond donors (Lipinski definition) is 1. The second kappa shape index (κ2) is 9.33. The Morgan fingerprint density at radius 1 is 1.00 bits per heavy atom. The minimum atomic E-state index is -0.0375. The molecular weight excluding hydrogens is 340 g/mol. The lowest BCUT2D eigenvalue weighted by Crippen LogP contribution is -2.48. The molecule has 6 nitrogen and oxygen atoms in total. The Morgan fingerprint density at radius 2 is 1.63 bits per heavy atom. The van der Waals surface area contributed by atoms with E-state index in [1.54, 1.807) is 43.3 Å². The summed E-state index contributed by atoms with van der Waals surface area (Å²) >= 11 is 0. The molecule has 0 aromatic heterocycles. The number of rotatable bonds is 5. The van der Waals surface area contributed by atoms with E-state index < -0.39 is 0 Å². The molecule has 2 saturated heterocycles. The van der Waals surface area contributed by atoms with E-state index in [4.69, 9.17) is 0 Å². The third kappa shape index (κ3) is 5.53. The van der Waals surface area contributed by atoms with Gasteiger partial charge in [0.25, 0.3) is 5.91 Å². The fourth-order valence-electron chi connectivity index (χ4n) is 4.08. The molecule has 148 valence electrons. The van der Waals surface area contributed by atoms with Crippen LogP contribution in [0.2, 0.25) is 0 Å². The van der Waals surface area contributed by atoms with Crippen molar-refractivity contribution in [3.8, 4) is 0 Å². The van der Waals surface area contributed by atoms with Gasteiger partial charge in [0, 0.05) is 44.5 Å². The van der Waals surface area contributed by atoms with Gasteiger partial charge in [-0.25, -0.2) is 0 Å². The molecule has 2 amide bonds. The molecule has 1 aromatic carbocycles. The van der Waals surface area contributed by atoms with Gasteiger partial charge >= 0.3 is 0 Å². The third-order valence-corrected chi connectivity index (χ3v) is 5.65. The maximum Gasteiger partial charge on any atom is 0.253 e. The molecule has 1 aromatic rings. The van der Waals surface area contributed by atoms with Crippen LogP contribution in [-0.4, -0.2) is 79.4 Å². The van der Waals surface area contributed by atoms with Crippen molar-refractivity contribution in [1.82, 2.24) is 14.7 Å². The number of anilines is 1. The van der Waals surface area contributed by atoms with Gasteiger partial charge in [-0.05, 0) is 63.0 Å². The van der Waals surface area contributed by atoms with E-state index >= 15 is 0 Å². The summed E-state index contributed by atoms with van der Waals surface area (Å²) in [6.07, 6.45) is 6.37. The maximum absolute atomic E-state index is 12.4. The van der Waals surface area contributed by atoms with E-state index in [1.165, 1.54) is 32.4 Å². The summed E-state index contributed by atoms with van der Waals surface area (Å²) in [6, 6.07) is 7.78. The SMILES string of the molecule is CN(C)C(=O)c1ccc(NC(=O)CN2CCC(N3CCCCC3)CC2)cc1. The van der Waals surface area contributed by atoms with Gasteiger partial charge in [-0.15, -0.1) is 0 Å². The minimum absolute atomic E-state index is 0.0121. The first-order chi connectivity index (χ1) is 13.0. The molecule has 0 saturated carbocycles. The number of likely N-dealkylation sites (tertiary alicyclic amines) is 2. The fourth-order valence-corrected chi connectivity index (χ4v) is 4.08. The molecule has 1 N–H and O–H groups in total. The lowest BCUT2D eigenvalue weighted by atomic mass is 10.00. The summed E-state index contributed by atoms with van der Waals surface area (Å²) in [7, 11) is 3.46. The Morgan fingerprint density at radius 3 is 2.22 bits per heavy atom. The summed E-state index contributed by atoms with van der Waals surface area (Å²) in [6.45, 7) is 4.91. The van der Waals surface area contributed by atoms with E-state index in [2.05, 4.69) is 15.1 Å². The van der Waals surface area contributed by atoms with Crippen molar-refractivity contribution in [3.63, 3.8) is 0 Å². The standard InChI is InChI=1S/C21H32N4O2/c1-23(2)21(27)17-6-8-18(9-7-17)22-20(26)16-24-14-10-19(11-15-24)25-12-4-3-5-13-25/h6-9,19H,3-5,10-16H2,1-2H3,(H,22,26). The molecule has 0 atom stereocenters. The Labute approximate surface area is 162 Å². The fraction of sp³-hybridized carbons (Fsp3) is 0.619. The predicted octanol–water partition coefficient (Wildman–Crippen LogP) is 2.28. The van der Waals surface area contributed by atoms with Crippen LogP contribution in [0.1, 0.15) is 42.5 Å². The molecule has 6 heteroatoms. The normalized spacial score (nSPS) is 19.6. The Balaban J connectivity index is 1.42. The van der Waals surface area contributed by atoms with Gasteiger partial charge in [-0.1, -0.05) is 6.42 Å². The number of carbonyl (C=O) groups is 2. The highest BCUT2D eigenvalue weighted by atomic mass is 16.2. The lowest BCUT2D eigenvalue weighted by Gasteiger charge is -2.40. The molecule has 0 unspecified atom stereocenters. The summed E-state index contributed by atoms with van der Waals surface area (Å²) in [5.41, 5.74) is 1.36. The minimum Gasteiger partial charge on any atom is -0.345 e. The van der Waals surface area contributed by atoms with Gasteiger partial charge in [0.1, 0.15) is 0 Å². The topological polar surface area (TPSA) is 55.9 Å². The van der Waals surface area contributed by atoms with Crippen LogP contribution in [0.15, 0.2) is 24.3 Å². The first-order valence-electron chi connectivity index (χ1n) is 10.1. The lowest BCUT2D eigenvalue weighted by molar-refractivity contribution is -0.117. The number of piperidine rings is 2. The zero-order valence-electron chi connectivity index (χ0n) is 16.6. The molecular formula is C21H32N4O2. The predicted molar refractivity (Wildman–Crippen MR) is 108 cm³/mol. The molecule has 2 heterocycles. The second-order valence-electron chi connectivity index (χ2n) is 7.93. The molecule has 3 rings (SSSR count). The molecule has 2 aliphatic heterocycles. The van der Waals surface area contributed by atoms with Crippen LogP contribution in [0.4, 0.5) is 5.69 Å². The van der Waals surface area contributed by atoms with Crippen molar-refractivity contribution >= 4 is 17.5 Å². The Kier molecular flexibility index (Phi) is 6.85. The van der Waals surface area contributed by atoms with Crippen LogP contribution in [0.3, 0.4) is 0 Å². The van der Waals surface area contributed by atoms with Crippen LogP contribution in [0.25, 0.3) is 0 Å². The van der Waals surface area contributed by atoms with Crippen molar-refractivity contribution in [1.29, 1.82) is 0 Å². The Bertz CT molecular complexity index is 630. The molecule has 0 bridgehead atoms. The van der Waals surface area contributed by atoms with E-state index in [1.807, 2.05) is 0 Å². The van der Waals surface area contributed by atoms with E-state index in [0.29, 0.717) is 18.2 Å². The van der Waals surface area contributed by atoms with E-state index in [-0.39, 0.29) is 11.8 Å². The van der Waals surface area contributed by atoms with Gasteiger partial charge in [-0.2, -0.15) is 0 Å². The number of carbonyl (C=O) groups excluding carboxylic acids is 2. The average Bonchev–Trinajstić information content (AvgIpc) is 2.69. The van der Waals surface area contributed by atoms with Crippen molar-refractivity contribution in [2.45, 2.75) is 38.1 Å². The van der Waals surface area contributed by atoms with Crippen LogP contribution in [0, 0.1) is 0 Å². The molecule has 27 heavy (non-hydrogen) atoms. The van der Waals surface area contributed by atoms with E-state index in [0.717, 1.165) is 31.6 Å². The Hall–Kier alpha value is -1.92. The van der Waals surface area contributed by atoms with Gasteiger partial charge < -0.3 is 15.1 Å². The van der Waals surface area contributed by atoms with Crippen molar-refractivity contribution < 1.29 is 9.59 Å². The summed E-state index contributed by atoms with van der Waals surface area (Å²) in [4.78, 5) is 30.7. The molecule has 0 spiro atoms. The summed E-state index contributed by atoms with van der Waals surface area (Å²) < 4.78 is 0. The van der Waals surface area contributed by atoms with Gasteiger partial charge in [-0.3, -0.25) is 14.5 Å². The number of nitrogens with zero attached hydrogens (tertiary/aromatic N) is 3. The quantitative estimate of drug-likeness (QED) is 0.862. The van der Waals surface area contributed by atoms with Crippen LogP contribution < -0.4 is 5.32 Å². The number of amides is 2. The van der Waals surface area contributed by atoms with Crippen molar-refractivity contribution in [3.05, 3.63) is 29.8 Å². The number of hydrogen-bond acceptors (Lipinski definition) is 4. The second-order valence-corrected chi connectivity index (χ2v) is 7.93. The van der Waals surface area contributed by atoms with Crippen LogP contribution in [-0.2, 0) is 4.79 Å². The van der Waals surface area contributed by atoms with E-state index in [9.17, 15) is 9.59 Å². The smallest absolute Gasteiger partial charge is 0.253 e. The number of benzene rings is 1. The average molecular weight is 373 g/mol. The highest BCUT2D eigenvalue weighted by Gasteiger charge is 2.26. The largest absolute Gasteiger partial charge is 0.345 e. The molecule has 0 radical (unpaired) electrons. The van der Waals surface area contributed by atoms with Crippen molar-refractivity contribution in [2.75, 3.05) is 52.1 Å². The van der Waals surface area contributed by atoms with Gasteiger partial charge in [0.05, 0.1) is 6.54 Å².